The average molecular weight is 463 g/mol. The summed E-state index contributed by atoms with van der Waals surface area (Å²) < 4.78 is 18.6. The molecule has 0 N–H and O–H groups in total. The molecule has 0 radical (unpaired) electrons. The number of aromatic nitrogens is 1. The molecule has 151 valence electrons. The van der Waals surface area contributed by atoms with Gasteiger partial charge in [0.15, 0.2) is 0 Å². The minimum atomic E-state index is -1.81. The van der Waals surface area contributed by atoms with Crippen molar-refractivity contribution in [3.63, 3.8) is 0 Å². The smallest absolute Gasteiger partial charge is 0.214 e. The third-order valence-electron chi connectivity index (χ3n) is 4.87. The van der Waals surface area contributed by atoms with Crippen molar-refractivity contribution in [2.45, 2.75) is 45.5 Å². The zero-order valence-electron chi connectivity index (χ0n) is 17.1. The Labute approximate surface area is 176 Å². The molecule has 2 rings (SSSR count). The van der Waals surface area contributed by atoms with E-state index in [1.807, 2.05) is 18.2 Å². The lowest BCUT2D eigenvalue weighted by atomic mass is 10.1. The van der Waals surface area contributed by atoms with Crippen LogP contribution >= 0.6 is 15.9 Å². The van der Waals surface area contributed by atoms with Crippen LogP contribution in [0.1, 0.15) is 31.9 Å². The molecule has 0 saturated carbocycles. The van der Waals surface area contributed by atoms with Crippen molar-refractivity contribution in [3.8, 4) is 17.7 Å². The molecule has 0 aliphatic rings. The van der Waals surface area contributed by atoms with E-state index in [4.69, 9.17) is 13.9 Å². The van der Waals surface area contributed by atoms with Gasteiger partial charge in [0.05, 0.1) is 11.6 Å². The largest absolute Gasteiger partial charge is 0.562 e. The molecule has 0 fully saturated rings. The Morgan fingerprint density at radius 1 is 1.11 bits per heavy atom. The highest BCUT2D eigenvalue weighted by Crippen LogP contribution is 2.36. The molecule has 0 spiro atoms. The second-order valence-corrected chi connectivity index (χ2v) is 13.6. The summed E-state index contributed by atoms with van der Waals surface area (Å²) in [5.41, 5.74) is 1.40. The van der Waals surface area contributed by atoms with Crippen molar-refractivity contribution in [2.75, 3.05) is 13.2 Å². The quantitative estimate of drug-likeness (QED) is 0.286. The number of rotatable bonds is 8. The van der Waals surface area contributed by atoms with Crippen LogP contribution in [0.5, 0.6) is 11.6 Å². The van der Waals surface area contributed by atoms with Gasteiger partial charge in [-0.3, -0.25) is 0 Å². The topological polar surface area (TPSA) is 64.4 Å². The van der Waals surface area contributed by atoms with Crippen molar-refractivity contribution >= 4 is 24.2 Å². The number of hydrogen-bond donors (Lipinski definition) is 0. The van der Waals surface area contributed by atoms with E-state index in [1.54, 1.807) is 18.2 Å². The van der Waals surface area contributed by atoms with Gasteiger partial charge in [-0.05, 0) is 42.4 Å². The minimum Gasteiger partial charge on any atom is -0.562 e. The second-order valence-electron chi connectivity index (χ2n) is 7.98. The Balaban J connectivity index is 2.01. The van der Waals surface area contributed by atoms with Crippen LogP contribution < -0.4 is 9.47 Å². The molecule has 1 heterocycles. The summed E-state index contributed by atoms with van der Waals surface area (Å²) in [4.78, 5) is 4.26. The normalized spacial score (nSPS) is 11.8. The SMILES string of the molecule is CC(C)(C)[Si-](C)(C)OCCOc1cc(C#N)ccc1COc1cccc(Br)n1. The molecule has 0 bridgehead atoms. The second kappa shape index (κ2) is 9.55. The molecule has 1 aromatic heterocycles. The summed E-state index contributed by atoms with van der Waals surface area (Å²) in [5, 5.41) is 9.34. The lowest BCUT2D eigenvalue weighted by Crippen LogP contribution is -2.41. The van der Waals surface area contributed by atoms with Gasteiger partial charge < -0.3 is 13.9 Å². The molecule has 0 aliphatic carbocycles. The van der Waals surface area contributed by atoms with Crippen LogP contribution in [0.4, 0.5) is 0 Å². The molecule has 0 saturated heterocycles. The lowest BCUT2D eigenvalue weighted by Gasteiger charge is -2.48. The molecule has 1 aromatic carbocycles. The summed E-state index contributed by atoms with van der Waals surface area (Å²) in [6.07, 6.45) is 0. The van der Waals surface area contributed by atoms with Gasteiger partial charge in [0.25, 0.3) is 0 Å². The van der Waals surface area contributed by atoms with Crippen molar-refractivity contribution < 1.29 is 13.9 Å². The Bertz CT molecular complexity index is 844. The zero-order valence-corrected chi connectivity index (χ0v) is 19.7. The number of hydrogen-bond acceptors (Lipinski definition) is 5. The monoisotopic (exact) mass is 462 g/mol. The maximum Gasteiger partial charge on any atom is 0.214 e. The van der Waals surface area contributed by atoms with Crippen LogP contribution in [0.25, 0.3) is 0 Å². The summed E-state index contributed by atoms with van der Waals surface area (Å²) >= 11 is 3.33. The fourth-order valence-corrected chi connectivity index (χ4v) is 3.52. The van der Waals surface area contributed by atoms with Gasteiger partial charge in [0.1, 0.15) is 23.6 Å². The van der Waals surface area contributed by atoms with E-state index >= 15 is 0 Å². The first-order valence-corrected chi connectivity index (χ1v) is 12.9. The third-order valence-corrected chi connectivity index (χ3v) is 9.85. The average Bonchev–Trinajstić information content (AvgIpc) is 2.63. The van der Waals surface area contributed by atoms with Gasteiger partial charge in [-0.25, -0.2) is 4.98 Å². The number of nitrogens with zero attached hydrogens (tertiary/aromatic N) is 2. The minimum absolute atomic E-state index is 0.156. The maximum atomic E-state index is 9.19. The van der Waals surface area contributed by atoms with E-state index in [-0.39, 0.29) is 5.04 Å². The van der Waals surface area contributed by atoms with E-state index in [0.717, 1.165) is 5.56 Å². The Morgan fingerprint density at radius 2 is 1.86 bits per heavy atom. The van der Waals surface area contributed by atoms with Gasteiger partial charge in [0, 0.05) is 18.2 Å². The highest BCUT2D eigenvalue weighted by molar-refractivity contribution is 9.10. The lowest BCUT2D eigenvalue weighted by molar-refractivity contribution is 0.199. The van der Waals surface area contributed by atoms with Crippen molar-refractivity contribution in [1.82, 2.24) is 4.98 Å². The zero-order chi connectivity index (χ0) is 20.8. The number of halogens is 1. The first-order chi connectivity index (χ1) is 13.1. The fourth-order valence-electron chi connectivity index (χ4n) is 2.16. The molecular weight excluding hydrogens is 436 g/mol. The first-order valence-electron chi connectivity index (χ1n) is 9.17. The molecule has 28 heavy (non-hydrogen) atoms. The fraction of sp³-hybridized carbons (Fsp3) is 0.429. The molecule has 0 unspecified atom stereocenters. The van der Waals surface area contributed by atoms with E-state index in [2.05, 4.69) is 60.8 Å². The number of pyridine rings is 1. The van der Waals surface area contributed by atoms with Crippen LogP contribution in [0.15, 0.2) is 41.0 Å². The molecular formula is C21H27BrN2O3Si-. The van der Waals surface area contributed by atoms with Gasteiger partial charge in [-0.2, -0.15) is 5.26 Å². The summed E-state index contributed by atoms with van der Waals surface area (Å²) in [6.45, 7) is 12.3. The molecule has 0 amide bonds. The van der Waals surface area contributed by atoms with E-state index in [1.165, 1.54) is 0 Å². The maximum absolute atomic E-state index is 9.19. The third kappa shape index (κ3) is 6.33. The molecule has 7 heteroatoms. The predicted molar refractivity (Wildman–Crippen MR) is 116 cm³/mol. The standard InChI is InChI=1S/C21H27BrN2O3Si/c1-21(2,3)28(4,5)27-12-11-25-18-13-16(14-23)9-10-17(18)15-26-20-8-6-7-19(22)24-20/h6-10,13H,11-12,15H2,1-5H3/q-1. The van der Waals surface area contributed by atoms with Crippen LogP contribution in [0.2, 0.25) is 18.1 Å². The highest BCUT2D eigenvalue weighted by Gasteiger charge is 2.24. The Kier molecular flexibility index (Phi) is 7.64. The van der Waals surface area contributed by atoms with Crippen molar-refractivity contribution in [2.24, 2.45) is 0 Å². The molecule has 0 atom stereocenters. The number of benzene rings is 1. The Hall–Kier alpha value is -1.88. The van der Waals surface area contributed by atoms with Crippen LogP contribution in [0.3, 0.4) is 0 Å². The van der Waals surface area contributed by atoms with Crippen LogP contribution in [-0.2, 0) is 11.0 Å². The van der Waals surface area contributed by atoms with E-state index in [9.17, 15) is 5.26 Å². The van der Waals surface area contributed by atoms with E-state index < -0.39 is 8.32 Å². The summed E-state index contributed by atoms with van der Waals surface area (Å²) in [5.74, 6) is 1.15. The molecule has 2 aromatic rings. The van der Waals surface area contributed by atoms with Gasteiger partial charge in [-0.1, -0.05) is 32.9 Å². The summed E-state index contributed by atoms with van der Waals surface area (Å²) in [6, 6.07) is 13.0. The number of nitriles is 1. The van der Waals surface area contributed by atoms with Gasteiger partial charge in [0.2, 0.25) is 5.88 Å². The van der Waals surface area contributed by atoms with Gasteiger partial charge in [-0.15, -0.1) is 18.1 Å². The first kappa shape index (κ1) is 22.4. The molecule has 0 aliphatic heterocycles. The highest BCUT2D eigenvalue weighted by atomic mass is 79.9. The van der Waals surface area contributed by atoms with E-state index in [0.29, 0.717) is 41.6 Å². The summed E-state index contributed by atoms with van der Waals surface area (Å²) in [7, 11) is -1.81. The van der Waals surface area contributed by atoms with Crippen LogP contribution in [-0.4, -0.2) is 26.5 Å². The van der Waals surface area contributed by atoms with Crippen molar-refractivity contribution in [3.05, 3.63) is 52.1 Å². The van der Waals surface area contributed by atoms with Crippen molar-refractivity contribution in [1.29, 1.82) is 5.26 Å². The number of ether oxygens (including phenoxy) is 2. The molecule has 5 nitrogen and oxygen atoms in total. The van der Waals surface area contributed by atoms with Crippen LogP contribution in [0, 0.1) is 11.3 Å². The van der Waals surface area contributed by atoms with Gasteiger partial charge >= 0.3 is 0 Å². The Morgan fingerprint density at radius 3 is 2.50 bits per heavy atom. The predicted octanol–water partition coefficient (Wildman–Crippen LogP) is 5.70.